The van der Waals surface area contributed by atoms with Gasteiger partial charge >= 0.3 is 0 Å². The van der Waals surface area contributed by atoms with E-state index in [9.17, 15) is 4.79 Å². The van der Waals surface area contributed by atoms with Crippen molar-refractivity contribution in [3.63, 3.8) is 0 Å². The molecule has 4 heteroatoms. The molecule has 0 aliphatic carbocycles. The fraction of sp³-hybridized carbons (Fsp3) is 0.381. The Kier molecular flexibility index (Phi) is 4.70. The van der Waals surface area contributed by atoms with Crippen molar-refractivity contribution in [1.29, 1.82) is 0 Å². The minimum absolute atomic E-state index is 0.0530. The molecule has 1 amide bonds. The van der Waals surface area contributed by atoms with Crippen LogP contribution in [-0.4, -0.2) is 19.1 Å². The Hall–Kier alpha value is -2.33. The van der Waals surface area contributed by atoms with E-state index in [1.54, 1.807) is 0 Å². The number of carbonyl (C=O) groups is 1. The standard InChI is InChI=1S/C21H24N2O2/c24-21(23-17-10-11-19-16(14-17)8-4-12-22-19)18-9-5-13-25-20(18)15-6-2-1-3-7-15/h1-3,6-7,10-11,14,18,20,22H,4-5,8-9,12-13H2,(H,23,24). The van der Waals surface area contributed by atoms with Gasteiger partial charge < -0.3 is 15.4 Å². The highest BCUT2D eigenvalue weighted by Crippen LogP contribution is 2.34. The highest BCUT2D eigenvalue weighted by Gasteiger charge is 2.33. The average molecular weight is 336 g/mol. The van der Waals surface area contributed by atoms with Gasteiger partial charge in [0.25, 0.3) is 0 Å². The number of hydrogen-bond donors (Lipinski definition) is 2. The van der Waals surface area contributed by atoms with Crippen LogP contribution in [0.2, 0.25) is 0 Å². The van der Waals surface area contributed by atoms with Gasteiger partial charge in [0.15, 0.2) is 0 Å². The van der Waals surface area contributed by atoms with Gasteiger partial charge in [-0.1, -0.05) is 30.3 Å². The molecule has 2 aliphatic heterocycles. The van der Waals surface area contributed by atoms with E-state index >= 15 is 0 Å². The van der Waals surface area contributed by atoms with Crippen molar-refractivity contribution >= 4 is 17.3 Å². The number of hydrogen-bond acceptors (Lipinski definition) is 3. The van der Waals surface area contributed by atoms with Crippen LogP contribution >= 0.6 is 0 Å². The quantitative estimate of drug-likeness (QED) is 0.885. The molecule has 2 heterocycles. The van der Waals surface area contributed by atoms with Crippen molar-refractivity contribution in [2.45, 2.75) is 31.8 Å². The maximum Gasteiger partial charge on any atom is 0.230 e. The second kappa shape index (κ2) is 7.28. The van der Waals surface area contributed by atoms with Crippen LogP contribution in [0.15, 0.2) is 48.5 Å². The largest absolute Gasteiger partial charge is 0.385 e. The van der Waals surface area contributed by atoms with Gasteiger partial charge in [0.05, 0.1) is 12.0 Å². The second-order valence-corrected chi connectivity index (χ2v) is 6.84. The van der Waals surface area contributed by atoms with E-state index in [1.165, 1.54) is 11.3 Å². The molecule has 0 bridgehead atoms. The van der Waals surface area contributed by atoms with Crippen LogP contribution in [0.1, 0.15) is 36.5 Å². The van der Waals surface area contributed by atoms with Gasteiger partial charge in [-0.15, -0.1) is 0 Å². The predicted molar refractivity (Wildman–Crippen MR) is 99.7 cm³/mol. The molecule has 1 fully saturated rings. The minimum atomic E-state index is -0.158. The van der Waals surface area contributed by atoms with Crippen molar-refractivity contribution in [2.24, 2.45) is 5.92 Å². The number of carbonyl (C=O) groups excluding carboxylic acids is 1. The first-order valence-corrected chi connectivity index (χ1v) is 9.15. The van der Waals surface area contributed by atoms with Gasteiger partial charge in [-0.3, -0.25) is 4.79 Å². The summed E-state index contributed by atoms with van der Waals surface area (Å²) >= 11 is 0. The van der Waals surface area contributed by atoms with E-state index in [4.69, 9.17) is 4.74 Å². The summed E-state index contributed by atoms with van der Waals surface area (Å²) in [5.41, 5.74) is 4.43. The number of benzene rings is 2. The zero-order valence-corrected chi connectivity index (χ0v) is 14.3. The molecule has 2 aromatic rings. The Balaban J connectivity index is 1.51. The fourth-order valence-corrected chi connectivity index (χ4v) is 3.81. The highest BCUT2D eigenvalue weighted by atomic mass is 16.5. The topological polar surface area (TPSA) is 50.4 Å². The maximum atomic E-state index is 12.9. The van der Waals surface area contributed by atoms with Crippen molar-refractivity contribution < 1.29 is 9.53 Å². The third-order valence-corrected chi connectivity index (χ3v) is 5.10. The van der Waals surface area contributed by atoms with E-state index in [0.717, 1.165) is 43.5 Å². The van der Waals surface area contributed by atoms with E-state index < -0.39 is 0 Å². The summed E-state index contributed by atoms with van der Waals surface area (Å²) in [5.74, 6) is -0.0948. The van der Waals surface area contributed by atoms with Crippen molar-refractivity contribution in [3.05, 3.63) is 59.7 Å². The number of anilines is 2. The monoisotopic (exact) mass is 336 g/mol. The van der Waals surface area contributed by atoms with Gasteiger partial charge in [-0.2, -0.15) is 0 Å². The average Bonchev–Trinajstić information content (AvgIpc) is 2.68. The highest BCUT2D eigenvalue weighted by molar-refractivity contribution is 5.93. The molecule has 4 rings (SSSR count). The summed E-state index contributed by atoms with van der Waals surface area (Å²) in [6, 6.07) is 16.2. The first-order valence-electron chi connectivity index (χ1n) is 9.15. The zero-order valence-electron chi connectivity index (χ0n) is 14.3. The Morgan fingerprint density at radius 3 is 2.88 bits per heavy atom. The van der Waals surface area contributed by atoms with Crippen LogP contribution in [-0.2, 0) is 16.0 Å². The van der Waals surface area contributed by atoms with Crippen molar-refractivity contribution in [1.82, 2.24) is 0 Å². The van der Waals surface area contributed by atoms with Crippen LogP contribution in [0.3, 0.4) is 0 Å². The summed E-state index contributed by atoms with van der Waals surface area (Å²) < 4.78 is 5.96. The number of amides is 1. The molecule has 0 aromatic heterocycles. The van der Waals surface area contributed by atoms with E-state index in [0.29, 0.717) is 6.61 Å². The van der Waals surface area contributed by atoms with Crippen LogP contribution < -0.4 is 10.6 Å². The van der Waals surface area contributed by atoms with Crippen molar-refractivity contribution in [3.8, 4) is 0 Å². The Morgan fingerprint density at radius 2 is 2.00 bits per heavy atom. The number of rotatable bonds is 3. The Labute approximate surface area is 148 Å². The summed E-state index contributed by atoms with van der Waals surface area (Å²) in [5, 5.41) is 6.52. The fourth-order valence-electron chi connectivity index (χ4n) is 3.81. The van der Waals surface area contributed by atoms with Crippen LogP contribution in [0.4, 0.5) is 11.4 Å². The molecule has 0 radical (unpaired) electrons. The molecule has 130 valence electrons. The lowest BCUT2D eigenvalue weighted by atomic mass is 9.88. The van der Waals surface area contributed by atoms with E-state index in [2.05, 4.69) is 22.8 Å². The molecule has 2 aliphatic rings. The lowest BCUT2D eigenvalue weighted by Crippen LogP contribution is -2.33. The first kappa shape index (κ1) is 16.2. The molecule has 2 atom stereocenters. The van der Waals surface area contributed by atoms with Gasteiger partial charge in [0.1, 0.15) is 0 Å². The van der Waals surface area contributed by atoms with Crippen LogP contribution in [0, 0.1) is 5.92 Å². The Morgan fingerprint density at radius 1 is 1.12 bits per heavy atom. The summed E-state index contributed by atoms with van der Waals surface area (Å²) in [4.78, 5) is 12.9. The zero-order chi connectivity index (χ0) is 17.1. The smallest absolute Gasteiger partial charge is 0.230 e. The van der Waals surface area contributed by atoms with Gasteiger partial charge in [-0.25, -0.2) is 0 Å². The summed E-state index contributed by atoms with van der Waals surface area (Å²) in [6.45, 7) is 1.74. The van der Waals surface area contributed by atoms with E-state index in [1.807, 2.05) is 36.4 Å². The van der Waals surface area contributed by atoms with Gasteiger partial charge in [0.2, 0.25) is 5.91 Å². The molecule has 2 aromatic carbocycles. The third-order valence-electron chi connectivity index (χ3n) is 5.10. The summed E-state index contributed by atoms with van der Waals surface area (Å²) in [7, 11) is 0. The summed E-state index contributed by atoms with van der Waals surface area (Å²) in [6.07, 6.45) is 3.82. The third kappa shape index (κ3) is 3.54. The first-order chi connectivity index (χ1) is 12.3. The second-order valence-electron chi connectivity index (χ2n) is 6.84. The molecule has 0 saturated carbocycles. The molecule has 4 nitrogen and oxygen atoms in total. The Bertz CT molecular complexity index is 745. The van der Waals surface area contributed by atoms with Gasteiger partial charge in [-0.05, 0) is 55.0 Å². The number of fused-ring (bicyclic) bond motifs is 1. The molecule has 2 unspecified atom stereocenters. The SMILES string of the molecule is O=C(Nc1ccc2c(c1)CCCN2)C1CCCOC1c1ccccc1. The molecular formula is C21H24N2O2. The lowest BCUT2D eigenvalue weighted by Gasteiger charge is -2.31. The number of nitrogens with one attached hydrogen (secondary N) is 2. The van der Waals surface area contributed by atoms with Gasteiger partial charge in [0, 0.05) is 24.5 Å². The molecular weight excluding hydrogens is 312 g/mol. The lowest BCUT2D eigenvalue weighted by molar-refractivity contribution is -0.129. The predicted octanol–water partition coefficient (Wildman–Crippen LogP) is 4.15. The number of aryl methyl sites for hydroxylation is 1. The maximum absolute atomic E-state index is 12.9. The molecule has 1 saturated heterocycles. The van der Waals surface area contributed by atoms with Crippen LogP contribution in [0.5, 0.6) is 0 Å². The normalized spacial score (nSPS) is 22.6. The van der Waals surface area contributed by atoms with Crippen molar-refractivity contribution in [2.75, 3.05) is 23.8 Å². The van der Waals surface area contributed by atoms with Crippen LogP contribution in [0.25, 0.3) is 0 Å². The molecule has 2 N–H and O–H groups in total. The molecule has 0 spiro atoms. The number of ether oxygens (including phenoxy) is 1. The van der Waals surface area contributed by atoms with E-state index in [-0.39, 0.29) is 17.9 Å². The minimum Gasteiger partial charge on any atom is -0.385 e. The molecule has 25 heavy (non-hydrogen) atoms.